The lowest BCUT2D eigenvalue weighted by Crippen LogP contribution is -2.18. The molecule has 6 heteroatoms. The van der Waals surface area contributed by atoms with Gasteiger partial charge in [0.15, 0.2) is 16.1 Å². The van der Waals surface area contributed by atoms with Crippen LogP contribution >= 0.6 is 0 Å². The molecule has 1 rings (SSSR count). The number of sulfone groups is 1. The third-order valence-electron chi connectivity index (χ3n) is 3.63. The van der Waals surface area contributed by atoms with Gasteiger partial charge in [0.05, 0.1) is 10.6 Å². The van der Waals surface area contributed by atoms with Gasteiger partial charge >= 0.3 is 0 Å². The molecule has 5 nitrogen and oxygen atoms in total. The predicted octanol–water partition coefficient (Wildman–Crippen LogP) is 3.30. The molecule has 136 valence electrons. The van der Waals surface area contributed by atoms with Crippen LogP contribution in [0.3, 0.4) is 0 Å². The van der Waals surface area contributed by atoms with E-state index >= 15 is 0 Å². The molecule has 0 aromatic heterocycles. The number of carbonyl (C=O) groups excluding carboxylic acids is 1. The summed E-state index contributed by atoms with van der Waals surface area (Å²) in [5.74, 6) is -0.188. The Labute approximate surface area is 145 Å². The number of hydrogen-bond donors (Lipinski definition) is 0. The van der Waals surface area contributed by atoms with E-state index in [9.17, 15) is 13.2 Å². The van der Waals surface area contributed by atoms with Gasteiger partial charge < -0.3 is 9.47 Å². The molecule has 1 aromatic carbocycles. The fourth-order valence-corrected chi connectivity index (χ4v) is 3.57. The molecule has 0 radical (unpaired) electrons. The third kappa shape index (κ3) is 7.55. The topological polar surface area (TPSA) is 69.7 Å². The van der Waals surface area contributed by atoms with Crippen molar-refractivity contribution < 1.29 is 22.7 Å². The first kappa shape index (κ1) is 20.8. The van der Waals surface area contributed by atoms with Crippen molar-refractivity contribution in [3.05, 3.63) is 29.8 Å². The quantitative estimate of drug-likeness (QED) is 0.538. The normalized spacial score (nSPS) is 11.8. The van der Waals surface area contributed by atoms with Crippen LogP contribution in [0.25, 0.3) is 0 Å². The van der Waals surface area contributed by atoms with E-state index in [1.807, 2.05) is 20.8 Å². The molecule has 0 bridgehead atoms. The van der Waals surface area contributed by atoms with Gasteiger partial charge in [-0.25, -0.2) is 8.42 Å². The highest BCUT2D eigenvalue weighted by molar-refractivity contribution is 7.91. The van der Waals surface area contributed by atoms with Crippen LogP contribution in [-0.2, 0) is 24.1 Å². The highest BCUT2D eigenvalue weighted by Gasteiger charge is 2.16. The predicted molar refractivity (Wildman–Crippen MR) is 93.7 cm³/mol. The highest BCUT2D eigenvalue weighted by atomic mass is 32.2. The zero-order valence-corrected chi connectivity index (χ0v) is 15.6. The monoisotopic (exact) mass is 356 g/mol. The van der Waals surface area contributed by atoms with E-state index in [1.54, 1.807) is 24.3 Å². The zero-order chi connectivity index (χ0) is 18.0. The summed E-state index contributed by atoms with van der Waals surface area (Å²) in [7, 11) is -3.40. The fraction of sp³-hybridized carbons (Fsp3) is 0.611. The van der Waals surface area contributed by atoms with Crippen LogP contribution in [0.5, 0.6) is 0 Å². The Balaban J connectivity index is 2.38. The van der Waals surface area contributed by atoms with E-state index in [-0.39, 0.29) is 29.1 Å². The second-order valence-corrected chi connectivity index (χ2v) is 7.76. The van der Waals surface area contributed by atoms with Gasteiger partial charge in [-0.1, -0.05) is 17.7 Å². The third-order valence-corrected chi connectivity index (χ3v) is 5.36. The van der Waals surface area contributed by atoms with Crippen LogP contribution in [0, 0.1) is 6.92 Å². The first-order valence-electron chi connectivity index (χ1n) is 8.43. The van der Waals surface area contributed by atoms with Gasteiger partial charge in [0, 0.05) is 26.1 Å². The molecule has 0 amide bonds. The Hall–Kier alpha value is -1.24. The molecule has 1 aromatic rings. The van der Waals surface area contributed by atoms with E-state index in [1.165, 1.54) is 0 Å². The molecular weight excluding hydrogens is 328 g/mol. The van der Waals surface area contributed by atoms with Gasteiger partial charge in [0.2, 0.25) is 0 Å². The summed E-state index contributed by atoms with van der Waals surface area (Å²) in [5.41, 5.74) is 1.00. The first-order valence-corrected chi connectivity index (χ1v) is 10.1. The average molecular weight is 356 g/mol. The van der Waals surface area contributed by atoms with E-state index in [0.717, 1.165) is 5.56 Å². The van der Waals surface area contributed by atoms with Gasteiger partial charge in [0.25, 0.3) is 0 Å². The lowest BCUT2D eigenvalue weighted by Gasteiger charge is -2.16. The van der Waals surface area contributed by atoms with Crippen LogP contribution in [0.1, 0.15) is 45.1 Å². The van der Waals surface area contributed by atoms with Crippen LogP contribution < -0.4 is 0 Å². The first-order chi connectivity index (χ1) is 11.4. The number of Topliss-reactive ketones (excluding diaryl/α,β-unsaturated/α-hetero) is 1. The molecule has 0 heterocycles. The summed E-state index contributed by atoms with van der Waals surface area (Å²) >= 11 is 0. The minimum atomic E-state index is -3.40. The molecule has 0 N–H and O–H groups in total. The molecule has 0 saturated carbocycles. The van der Waals surface area contributed by atoms with Crippen molar-refractivity contribution in [2.45, 2.75) is 57.6 Å². The summed E-state index contributed by atoms with van der Waals surface area (Å²) in [5, 5.41) is 0. The standard InChI is InChI=1S/C18H28O5S/c1-4-22-18(23-5-2)8-6-7-16(19)13-14-24(20,21)17-11-9-15(3)10-12-17/h9-12,18H,4-8,13-14H2,1-3H3. The molecule has 0 aliphatic heterocycles. The minimum absolute atomic E-state index is 0.0440. The summed E-state index contributed by atoms with van der Waals surface area (Å²) in [6.07, 6.45) is 1.38. The molecule has 24 heavy (non-hydrogen) atoms. The number of hydrogen-bond acceptors (Lipinski definition) is 5. The van der Waals surface area contributed by atoms with Crippen molar-refractivity contribution in [3.63, 3.8) is 0 Å². The van der Waals surface area contributed by atoms with E-state index < -0.39 is 9.84 Å². The Bertz CT molecular complexity index is 586. The lowest BCUT2D eigenvalue weighted by molar-refractivity contribution is -0.141. The molecule has 0 atom stereocenters. The molecule has 0 aliphatic carbocycles. The largest absolute Gasteiger partial charge is 0.353 e. The number of rotatable bonds is 12. The van der Waals surface area contributed by atoms with Gasteiger partial charge in [-0.15, -0.1) is 0 Å². The Morgan fingerprint density at radius 1 is 1.04 bits per heavy atom. The molecular formula is C18H28O5S. The van der Waals surface area contributed by atoms with Crippen molar-refractivity contribution in [2.24, 2.45) is 0 Å². The lowest BCUT2D eigenvalue weighted by atomic mass is 10.1. The maximum atomic E-state index is 12.2. The van der Waals surface area contributed by atoms with Gasteiger partial charge in [-0.3, -0.25) is 4.79 Å². The minimum Gasteiger partial charge on any atom is -0.353 e. The van der Waals surface area contributed by atoms with Crippen LogP contribution in [-0.4, -0.2) is 39.5 Å². The smallest absolute Gasteiger partial charge is 0.178 e. The van der Waals surface area contributed by atoms with Crippen molar-refractivity contribution in [1.29, 1.82) is 0 Å². The number of carbonyl (C=O) groups is 1. The molecule has 0 fully saturated rings. The summed E-state index contributed by atoms with van der Waals surface area (Å²) in [6, 6.07) is 6.69. The summed E-state index contributed by atoms with van der Waals surface area (Å²) < 4.78 is 35.2. The number of ether oxygens (including phenoxy) is 2. The van der Waals surface area contributed by atoms with Crippen LogP contribution in [0.2, 0.25) is 0 Å². The van der Waals surface area contributed by atoms with Crippen molar-refractivity contribution >= 4 is 15.6 Å². The zero-order valence-electron chi connectivity index (χ0n) is 14.8. The van der Waals surface area contributed by atoms with E-state index in [2.05, 4.69) is 0 Å². The van der Waals surface area contributed by atoms with Crippen molar-refractivity contribution in [3.8, 4) is 0 Å². The van der Waals surface area contributed by atoms with Crippen molar-refractivity contribution in [1.82, 2.24) is 0 Å². The summed E-state index contributed by atoms with van der Waals surface area (Å²) in [6.45, 7) is 6.82. The molecule has 0 spiro atoms. The molecule has 0 unspecified atom stereocenters. The van der Waals surface area contributed by atoms with E-state index in [4.69, 9.17) is 9.47 Å². The molecule has 0 saturated heterocycles. The maximum Gasteiger partial charge on any atom is 0.178 e. The van der Waals surface area contributed by atoms with Gasteiger partial charge in [0.1, 0.15) is 5.78 Å². The van der Waals surface area contributed by atoms with Gasteiger partial charge in [-0.05, 0) is 45.7 Å². The van der Waals surface area contributed by atoms with Crippen molar-refractivity contribution in [2.75, 3.05) is 19.0 Å². The molecule has 0 aliphatic rings. The van der Waals surface area contributed by atoms with Gasteiger partial charge in [-0.2, -0.15) is 0 Å². The van der Waals surface area contributed by atoms with Crippen LogP contribution in [0.4, 0.5) is 0 Å². The SMILES string of the molecule is CCOC(CCCC(=O)CCS(=O)(=O)c1ccc(C)cc1)OCC. The second kappa shape index (κ2) is 10.6. The second-order valence-electron chi connectivity index (χ2n) is 5.65. The summed E-state index contributed by atoms with van der Waals surface area (Å²) in [4.78, 5) is 12.2. The number of aryl methyl sites for hydroxylation is 1. The number of benzene rings is 1. The Morgan fingerprint density at radius 3 is 2.17 bits per heavy atom. The fourth-order valence-electron chi connectivity index (χ4n) is 2.29. The Morgan fingerprint density at radius 2 is 1.62 bits per heavy atom. The number of ketones is 1. The highest BCUT2D eigenvalue weighted by Crippen LogP contribution is 2.14. The Kier molecular flexibility index (Phi) is 9.18. The van der Waals surface area contributed by atoms with Crippen LogP contribution in [0.15, 0.2) is 29.2 Å². The average Bonchev–Trinajstić information content (AvgIpc) is 2.54. The maximum absolute atomic E-state index is 12.2. The van der Waals surface area contributed by atoms with E-state index in [0.29, 0.717) is 32.5 Å².